The summed E-state index contributed by atoms with van der Waals surface area (Å²) in [6.07, 6.45) is -0.282. The van der Waals surface area contributed by atoms with Gasteiger partial charge in [-0.3, -0.25) is 9.36 Å². The third-order valence-corrected chi connectivity index (χ3v) is 4.95. The van der Waals surface area contributed by atoms with Crippen LogP contribution in [0.2, 0.25) is 5.02 Å². The molecule has 128 valence electrons. The molecule has 0 spiro atoms. The second-order valence-corrected chi connectivity index (χ2v) is 7.27. The van der Waals surface area contributed by atoms with Gasteiger partial charge in [-0.25, -0.2) is 9.78 Å². The highest BCUT2D eigenvalue weighted by Crippen LogP contribution is 2.23. The highest BCUT2D eigenvalue weighted by atomic mass is 35.5. The summed E-state index contributed by atoms with van der Waals surface area (Å²) in [4.78, 5) is 30.5. The van der Waals surface area contributed by atoms with E-state index in [1.54, 1.807) is 27.7 Å². The first kappa shape index (κ1) is 17.1. The molecule has 8 heteroatoms. The maximum Gasteiger partial charge on any atom is 0.409 e. The van der Waals surface area contributed by atoms with Crippen molar-refractivity contribution < 1.29 is 9.53 Å². The number of nitrogens with zero attached hydrogens (tertiary/aromatic N) is 3. The number of cyclic esters (lactones) is 1. The summed E-state index contributed by atoms with van der Waals surface area (Å²) in [7, 11) is 0. The summed E-state index contributed by atoms with van der Waals surface area (Å²) in [6.45, 7) is 5.51. The average molecular weight is 368 g/mol. The number of ether oxygens (including phenoxy) is 1. The number of rotatable bonds is 5. The Morgan fingerprint density at radius 3 is 2.83 bits per heavy atom. The van der Waals surface area contributed by atoms with Crippen molar-refractivity contribution in [1.82, 2.24) is 14.5 Å². The van der Waals surface area contributed by atoms with E-state index >= 15 is 0 Å². The zero-order valence-electron chi connectivity index (χ0n) is 13.5. The molecule has 0 bridgehead atoms. The fourth-order valence-corrected chi connectivity index (χ4v) is 3.84. The topological polar surface area (TPSA) is 64.4 Å². The zero-order chi connectivity index (χ0) is 17.3. The molecule has 24 heavy (non-hydrogen) atoms. The van der Waals surface area contributed by atoms with Crippen LogP contribution in [0.4, 0.5) is 4.79 Å². The van der Waals surface area contributed by atoms with Crippen molar-refractivity contribution in [2.24, 2.45) is 0 Å². The third-order valence-electron chi connectivity index (χ3n) is 3.78. The first-order valence-corrected chi connectivity index (χ1v) is 9.10. The predicted octanol–water partition coefficient (Wildman–Crippen LogP) is 3.18. The van der Waals surface area contributed by atoms with Crippen LogP contribution in [-0.4, -0.2) is 46.0 Å². The number of aromatic nitrogens is 2. The van der Waals surface area contributed by atoms with Crippen LogP contribution >= 0.6 is 23.4 Å². The molecule has 0 radical (unpaired) electrons. The van der Waals surface area contributed by atoms with Gasteiger partial charge in [0.25, 0.3) is 5.56 Å². The summed E-state index contributed by atoms with van der Waals surface area (Å²) < 4.78 is 6.60. The molecule has 1 saturated heterocycles. The minimum absolute atomic E-state index is 0.00988. The zero-order valence-corrected chi connectivity index (χ0v) is 15.1. The van der Waals surface area contributed by atoms with E-state index in [1.807, 2.05) is 13.8 Å². The quantitative estimate of drug-likeness (QED) is 0.600. The fourth-order valence-electron chi connectivity index (χ4n) is 2.58. The first-order chi connectivity index (χ1) is 11.5. The van der Waals surface area contributed by atoms with Crippen molar-refractivity contribution in [2.75, 3.05) is 25.4 Å². The number of amides is 1. The second kappa shape index (κ2) is 7.03. The molecule has 2 aromatic rings. The van der Waals surface area contributed by atoms with Gasteiger partial charge in [0.05, 0.1) is 17.4 Å². The summed E-state index contributed by atoms with van der Waals surface area (Å²) in [5.41, 5.74) is 0.516. The minimum atomic E-state index is -0.282. The van der Waals surface area contributed by atoms with Gasteiger partial charge in [-0.2, -0.15) is 0 Å². The molecule has 2 heterocycles. The molecule has 6 nitrogen and oxygen atoms in total. The van der Waals surface area contributed by atoms with E-state index in [1.165, 1.54) is 11.8 Å². The van der Waals surface area contributed by atoms with E-state index in [0.29, 0.717) is 46.5 Å². The van der Waals surface area contributed by atoms with Crippen molar-refractivity contribution >= 4 is 40.4 Å². The van der Waals surface area contributed by atoms with Gasteiger partial charge < -0.3 is 9.64 Å². The number of carbonyl (C=O) groups excluding carboxylic acids is 1. The third kappa shape index (κ3) is 3.37. The van der Waals surface area contributed by atoms with Crippen LogP contribution in [-0.2, 0) is 4.74 Å². The van der Waals surface area contributed by atoms with E-state index < -0.39 is 0 Å². The summed E-state index contributed by atoms with van der Waals surface area (Å²) in [6, 6.07) is 5.10. The summed E-state index contributed by atoms with van der Waals surface area (Å²) in [5.74, 6) is 0.639. The lowest BCUT2D eigenvalue weighted by Crippen LogP contribution is -2.28. The lowest BCUT2D eigenvalue weighted by Gasteiger charge is -2.17. The molecule has 0 N–H and O–H groups in total. The molecule has 0 unspecified atom stereocenters. The number of hydrogen-bond donors (Lipinski definition) is 0. The average Bonchev–Trinajstić information content (AvgIpc) is 2.92. The Morgan fingerprint density at radius 1 is 1.38 bits per heavy atom. The Morgan fingerprint density at radius 2 is 2.17 bits per heavy atom. The standard InChI is InChI=1S/C16H18ClN3O3S/c1-10(2)20-14(21)12-4-3-11(17)9-13(12)18-15(20)24-8-6-19-5-7-23-16(19)22/h3-4,9-10H,5-8H2,1-2H3. The summed E-state index contributed by atoms with van der Waals surface area (Å²) in [5, 5.41) is 1.74. The largest absolute Gasteiger partial charge is 0.448 e. The molecule has 1 aromatic carbocycles. The van der Waals surface area contributed by atoms with Gasteiger partial charge in [0.1, 0.15) is 6.61 Å². The number of benzene rings is 1. The van der Waals surface area contributed by atoms with Gasteiger partial charge >= 0.3 is 6.09 Å². The normalized spacial score (nSPS) is 14.7. The van der Waals surface area contributed by atoms with Crippen molar-refractivity contribution in [3.63, 3.8) is 0 Å². The maximum atomic E-state index is 12.8. The highest BCUT2D eigenvalue weighted by Gasteiger charge is 2.22. The van der Waals surface area contributed by atoms with E-state index in [9.17, 15) is 9.59 Å². The Hall–Kier alpha value is -1.73. The highest BCUT2D eigenvalue weighted by molar-refractivity contribution is 7.99. The lowest BCUT2D eigenvalue weighted by molar-refractivity contribution is 0.160. The van der Waals surface area contributed by atoms with Crippen molar-refractivity contribution in [2.45, 2.75) is 25.0 Å². The number of hydrogen-bond acceptors (Lipinski definition) is 5. The van der Waals surface area contributed by atoms with Crippen molar-refractivity contribution in [3.8, 4) is 0 Å². The Labute approximate surface area is 148 Å². The predicted molar refractivity (Wildman–Crippen MR) is 95.0 cm³/mol. The maximum absolute atomic E-state index is 12.8. The monoisotopic (exact) mass is 367 g/mol. The van der Waals surface area contributed by atoms with Crippen LogP contribution in [0.15, 0.2) is 28.2 Å². The lowest BCUT2D eigenvalue weighted by atomic mass is 10.2. The second-order valence-electron chi connectivity index (χ2n) is 5.77. The van der Waals surface area contributed by atoms with Crippen LogP contribution in [0.1, 0.15) is 19.9 Å². The number of fused-ring (bicyclic) bond motifs is 1. The van der Waals surface area contributed by atoms with Crippen LogP contribution in [0.3, 0.4) is 0 Å². The molecule has 0 atom stereocenters. The molecular formula is C16H18ClN3O3S. The molecule has 1 aliphatic heterocycles. The number of carbonyl (C=O) groups is 1. The van der Waals surface area contributed by atoms with Gasteiger partial charge in [-0.1, -0.05) is 23.4 Å². The first-order valence-electron chi connectivity index (χ1n) is 7.73. The van der Waals surface area contributed by atoms with Crippen LogP contribution in [0.25, 0.3) is 10.9 Å². The van der Waals surface area contributed by atoms with Crippen LogP contribution in [0, 0.1) is 0 Å². The van der Waals surface area contributed by atoms with Crippen molar-refractivity contribution in [3.05, 3.63) is 33.6 Å². The Kier molecular flexibility index (Phi) is 5.01. The Bertz CT molecular complexity index is 837. The van der Waals surface area contributed by atoms with Gasteiger partial charge in [-0.15, -0.1) is 0 Å². The molecule has 1 amide bonds. The van der Waals surface area contributed by atoms with Gasteiger partial charge in [-0.05, 0) is 32.0 Å². The SMILES string of the molecule is CC(C)n1c(SCCN2CCOC2=O)nc2cc(Cl)ccc2c1=O. The Balaban J connectivity index is 1.89. The smallest absolute Gasteiger partial charge is 0.409 e. The number of thioether (sulfide) groups is 1. The van der Waals surface area contributed by atoms with E-state index in [4.69, 9.17) is 16.3 Å². The van der Waals surface area contributed by atoms with Gasteiger partial charge in [0.15, 0.2) is 5.16 Å². The van der Waals surface area contributed by atoms with E-state index in [-0.39, 0.29) is 17.7 Å². The minimum Gasteiger partial charge on any atom is -0.448 e. The molecule has 1 fully saturated rings. The molecule has 0 aliphatic carbocycles. The van der Waals surface area contributed by atoms with Crippen LogP contribution in [0.5, 0.6) is 0 Å². The van der Waals surface area contributed by atoms with Gasteiger partial charge in [0, 0.05) is 23.4 Å². The molecule has 1 aliphatic rings. The molecule has 0 saturated carbocycles. The molecule has 1 aromatic heterocycles. The van der Waals surface area contributed by atoms with Gasteiger partial charge in [0.2, 0.25) is 0 Å². The van der Waals surface area contributed by atoms with E-state index in [0.717, 1.165) is 0 Å². The molecule has 3 rings (SSSR count). The van der Waals surface area contributed by atoms with Crippen molar-refractivity contribution in [1.29, 1.82) is 0 Å². The fraction of sp³-hybridized carbons (Fsp3) is 0.438. The number of halogens is 1. The summed E-state index contributed by atoms with van der Waals surface area (Å²) >= 11 is 7.48. The van der Waals surface area contributed by atoms with Crippen LogP contribution < -0.4 is 5.56 Å². The van der Waals surface area contributed by atoms with E-state index in [2.05, 4.69) is 4.98 Å². The molecular weight excluding hydrogens is 350 g/mol.